The van der Waals surface area contributed by atoms with Crippen molar-refractivity contribution in [1.82, 2.24) is 0 Å². The summed E-state index contributed by atoms with van der Waals surface area (Å²) in [5.41, 5.74) is 1.05. The number of azo groups is 1. The topological polar surface area (TPSA) is 115 Å². The van der Waals surface area contributed by atoms with Crippen LogP contribution in [-0.4, -0.2) is 32.6 Å². The van der Waals surface area contributed by atoms with Crippen molar-refractivity contribution >= 4 is 53.0 Å². The van der Waals surface area contributed by atoms with E-state index >= 15 is 0 Å². The van der Waals surface area contributed by atoms with Crippen molar-refractivity contribution in [2.45, 2.75) is 0 Å². The van der Waals surface area contributed by atoms with E-state index in [-0.39, 0.29) is 15.8 Å². The van der Waals surface area contributed by atoms with Crippen molar-refractivity contribution in [1.29, 1.82) is 0 Å². The zero-order valence-electron chi connectivity index (χ0n) is 11.0. The number of aromatic hydroxyl groups is 1. The molecule has 2 aromatic rings. The number of nitrogens with zero attached hydrogens (tertiary/aromatic N) is 3. The Balaban J connectivity index is 2.27. The molecule has 0 radical (unpaired) electrons. The Morgan fingerprint density at radius 1 is 1.00 bits per heavy atom. The van der Waals surface area contributed by atoms with Crippen molar-refractivity contribution < 1.29 is 17.0 Å². The van der Waals surface area contributed by atoms with Crippen molar-refractivity contribution in [2.75, 3.05) is 0 Å². The maximum absolute atomic E-state index is 11.1. The van der Waals surface area contributed by atoms with Crippen molar-refractivity contribution in [2.24, 2.45) is 15.2 Å². The van der Waals surface area contributed by atoms with E-state index in [4.69, 9.17) is 8.19 Å². The van der Waals surface area contributed by atoms with Gasteiger partial charge >= 0.3 is 133 Å². The molecule has 2 rings (SSSR count). The fraction of sp³-hybridized carbons (Fsp3) is 0. The Labute approximate surface area is 133 Å². The normalized spacial score (nSPS) is 11.4. The fourth-order valence-corrected chi connectivity index (χ4v) is 2.77. The van der Waals surface area contributed by atoms with Crippen LogP contribution in [0.5, 0.6) is 5.75 Å². The Bertz CT molecular complexity index is 811. The SMILES string of the molecule is O=[As](O)(O)c1ccc(/N=N/c2cc(N=C=S)ccc2O)cc1. The van der Waals surface area contributed by atoms with Crippen molar-refractivity contribution in [3.05, 3.63) is 42.5 Å². The van der Waals surface area contributed by atoms with Crippen LogP contribution in [0.2, 0.25) is 0 Å². The van der Waals surface area contributed by atoms with E-state index in [9.17, 15) is 8.85 Å². The first-order chi connectivity index (χ1) is 10.4. The first-order valence-corrected chi connectivity index (χ1v) is 9.68. The molecule has 3 N–H and O–H groups in total. The first kappa shape index (κ1) is 16.3. The Morgan fingerprint density at radius 3 is 2.23 bits per heavy atom. The molecule has 9 heteroatoms. The second kappa shape index (κ2) is 6.79. The van der Waals surface area contributed by atoms with Crippen LogP contribution in [0.15, 0.2) is 57.7 Å². The minimum absolute atomic E-state index is 0.0442. The summed E-state index contributed by atoms with van der Waals surface area (Å²) in [7, 11) is 0. The van der Waals surface area contributed by atoms with Gasteiger partial charge in [0.2, 0.25) is 0 Å². The molecular weight excluding hydrogens is 369 g/mol. The number of isothiocyanates is 1. The van der Waals surface area contributed by atoms with Crippen LogP contribution in [-0.2, 0) is 3.74 Å². The molecule has 2 aromatic carbocycles. The van der Waals surface area contributed by atoms with Crippen molar-refractivity contribution in [3.63, 3.8) is 0 Å². The number of benzene rings is 2. The van der Waals surface area contributed by atoms with E-state index in [0.717, 1.165) is 0 Å². The van der Waals surface area contributed by atoms with E-state index in [1.165, 1.54) is 36.4 Å². The molecule has 0 aromatic heterocycles. The second-order valence-electron chi connectivity index (χ2n) is 4.14. The minimum atomic E-state index is -4.89. The van der Waals surface area contributed by atoms with Gasteiger partial charge in [-0.25, -0.2) is 0 Å². The van der Waals surface area contributed by atoms with Crippen LogP contribution in [0.1, 0.15) is 0 Å². The summed E-state index contributed by atoms with van der Waals surface area (Å²) in [4.78, 5) is 3.77. The molecule has 7 nitrogen and oxygen atoms in total. The molecule has 0 aliphatic heterocycles. The molecule has 0 saturated heterocycles. The fourth-order valence-electron chi connectivity index (χ4n) is 1.54. The van der Waals surface area contributed by atoms with Gasteiger partial charge in [0, 0.05) is 0 Å². The van der Waals surface area contributed by atoms with Gasteiger partial charge in [-0.1, -0.05) is 0 Å². The first-order valence-electron chi connectivity index (χ1n) is 5.89. The number of hydrogen-bond acceptors (Lipinski definition) is 6. The molecule has 0 atom stereocenters. The van der Waals surface area contributed by atoms with E-state index in [1.807, 2.05) is 0 Å². The van der Waals surface area contributed by atoms with Crippen LogP contribution in [0.4, 0.5) is 17.1 Å². The van der Waals surface area contributed by atoms with Gasteiger partial charge < -0.3 is 0 Å². The summed E-state index contributed by atoms with van der Waals surface area (Å²) in [6.07, 6.45) is 0. The monoisotopic (exact) mass is 379 g/mol. The Morgan fingerprint density at radius 2 is 1.64 bits per heavy atom. The number of rotatable bonds is 4. The van der Waals surface area contributed by atoms with E-state index in [2.05, 4.69) is 32.6 Å². The summed E-state index contributed by atoms with van der Waals surface area (Å²) >= 11 is -0.397. The third-order valence-electron chi connectivity index (χ3n) is 2.59. The maximum atomic E-state index is 11.1. The van der Waals surface area contributed by atoms with E-state index < -0.39 is 14.2 Å². The zero-order valence-corrected chi connectivity index (χ0v) is 13.7. The van der Waals surface area contributed by atoms with Gasteiger partial charge in [0.05, 0.1) is 0 Å². The quantitative estimate of drug-likeness (QED) is 0.326. The van der Waals surface area contributed by atoms with Crippen LogP contribution in [0.25, 0.3) is 0 Å². The molecule has 0 heterocycles. The molecule has 0 spiro atoms. The van der Waals surface area contributed by atoms with Crippen LogP contribution in [0, 0.1) is 0 Å². The standard InChI is InChI=1S/C13H10AsN3O4S/c18-13-6-5-11(15-8-22)7-12(13)17-16-10-3-1-9(2-4-10)14(19,20)21/h1-7,18H,(H2,19,20,21)/b17-16+. The average Bonchev–Trinajstić information content (AvgIpc) is 2.47. The third kappa shape index (κ3) is 4.21. The molecule has 22 heavy (non-hydrogen) atoms. The number of aliphatic imine (C=N–C) groups is 1. The summed E-state index contributed by atoms with van der Waals surface area (Å²) in [5, 5.41) is 19.7. The van der Waals surface area contributed by atoms with Gasteiger partial charge in [-0.15, -0.1) is 0 Å². The Kier molecular flexibility index (Phi) is 5.03. The van der Waals surface area contributed by atoms with Gasteiger partial charge in [0.1, 0.15) is 0 Å². The predicted molar refractivity (Wildman–Crippen MR) is 83.9 cm³/mol. The summed E-state index contributed by atoms with van der Waals surface area (Å²) in [6.45, 7) is 0. The molecule has 0 unspecified atom stereocenters. The van der Waals surface area contributed by atoms with E-state index in [0.29, 0.717) is 11.4 Å². The molecular formula is C13H10AsN3O4S. The molecule has 0 bridgehead atoms. The molecule has 0 amide bonds. The zero-order chi connectivity index (χ0) is 16.2. The van der Waals surface area contributed by atoms with Gasteiger partial charge in [-0.2, -0.15) is 0 Å². The van der Waals surface area contributed by atoms with Gasteiger partial charge in [-0.3, -0.25) is 0 Å². The predicted octanol–water partition coefficient (Wildman–Crippen LogP) is 2.10. The van der Waals surface area contributed by atoms with Gasteiger partial charge in [0.15, 0.2) is 0 Å². The molecule has 0 saturated carbocycles. The van der Waals surface area contributed by atoms with E-state index in [1.54, 1.807) is 6.07 Å². The third-order valence-corrected chi connectivity index (χ3v) is 4.72. The van der Waals surface area contributed by atoms with Crippen molar-refractivity contribution in [3.8, 4) is 5.75 Å². The molecule has 0 aliphatic carbocycles. The molecule has 0 aliphatic rings. The van der Waals surface area contributed by atoms with Crippen LogP contribution >= 0.6 is 12.2 Å². The molecule has 0 fully saturated rings. The molecule has 112 valence electrons. The summed E-state index contributed by atoms with van der Waals surface area (Å²) < 4.78 is 29.2. The van der Waals surface area contributed by atoms with Gasteiger partial charge in [0.25, 0.3) is 0 Å². The Hall–Kier alpha value is -2.08. The van der Waals surface area contributed by atoms with Crippen LogP contribution < -0.4 is 4.35 Å². The number of phenolic OH excluding ortho intramolecular Hbond substituents is 1. The second-order valence-corrected chi connectivity index (χ2v) is 7.69. The number of hydrogen-bond donors (Lipinski definition) is 3. The average molecular weight is 379 g/mol. The van der Waals surface area contributed by atoms with Gasteiger partial charge in [-0.05, 0) is 0 Å². The summed E-state index contributed by atoms with van der Waals surface area (Å²) in [6, 6.07) is 9.86. The van der Waals surface area contributed by atoms with Crippen LogP contribution in [0.3, 0.4) is 0 Å². The summed E-state index contributed by atoms with van der Waals surface area (Å²) in [5.74, 6) is -0.0813. The number of thiocarbonyl (C=S) groups is 1. The number of phenols is 1.